The third-order valence-corrected chi connectivity index (χ3v) is 19.9. The molecule has 7 aromatic heterocycles. The number of hydrogen-bond acceptors (Lipinski definition) is 6. The minimum Gasteiger partial charge on any atom is -0.309 e. The number of pyridine rings is 4. The smallest absolute Gasteiger partial charge is 0.137 e. The van der Waals surface area contributed by atoms with Crippen LogP contribution in [-0.4, -0.2) is 33.3 Å². The highest BCUT2D eigenvalue weighted by molar-refractivity contribution is 6.14. The molecule has 18 aromatic rings. The first-order chi connectivity index (χ1) is 47.2. The number of nitrogens with zero attached hydrogens (tertiary/aromatic N) is 9. The molecule has 0 unspecified atom stereocenters. The zero-order chi connectivity index (χ0) is 63.9. The zero-order valence-electron chi connectivity index (χ0n) is 52.2. The van der Waals surface area contributed by atoms with Gasteiger partial charge in [-0.15, -0.1) is 0 Å². The number of para-hydroxylation sites is 1. The van der Waals surface area contributed by atoms with Crippen LogP contribution in [-0.2, 0) is 5.41 Å². The molecule has 446 valence electrons. The summed E-state index contributed by atoms with van der Waals surface area (Å²) >= 11 is 0. The number of hydrogen-bond donors (Lipinski definition) is 0. The molecule has 9 nitrogen and oxygen atoms in total. The quantitative estimate of drug-likeness (QED) is 0.150. The van der Waals surface area contributed by atoms with Gasteiger partial charge in [-0.05, 0) is 175 Å². The summed E-state index contributed by atoms with van der Waals surface area (Å²) in [6.45, 7) is 4.50. The zero-order valence-corrected chi connectivity index (χ0v) is 52.2. The summed E-state index contributed by atoms with van der Waals surface area (Å²) in [4.78, 5) is 21.2. The molecular formula is C87H53N9. The van der Waals surface area contributed by atoms with Crippen molar-refractivity contribution in [2.75, 3.05) is 0 Å². The molecule has 0 radical (unpaired) electrons. The number of nitriles is 2. The van der Waals surface area contributed by atoms with Crippen LogP contribution in [0.15, 0.2) is 285 Å². The first-order valence-corrected chi connectivity index (χ1v) is 32.3. The van der Waals surface area contributed by atoms with Crippen LogP contribution in [0.3, 0.4) is 0 Å². The van der Waals surface area contributed by atoms with Gasteiger partial charge >= 0.3 is 0 Å². The van der Waals surface area contributed by atoms with Gasteiger partial charge in [0.05, 0.1) is 67.8 Å². The Bertz CT molecular complexity index is 6420. The number of aromatic nitrogens is 7. The fraction of sp³-hybridized carbons (Fsp3) is 0.0345. The maximum absolute atomic E-state index is 11.0. The maximum Gasteiger partial charge on any atom is 0.137 e. The molecule has 0 spiro atoms. The predicted molar refractivity (Wildman–Crippen MR) is 389 cm³/mol. The monoisotopic (exact) mass is 1220 g/mol. The summed E-state index contributed by atoms with van der Waals surface area (Å²) in [6, 6.07) is 101. The summed E-state index contributed by atoms with van der Waals surface area (Å²) < 4.78 is 6.62. The van der Waals surface area contributed by atoms with Crippen LogP contribution in [0.5, 0.6) is 0 Å². The van der Waals surface area contributed by atoms with Crippen molar-refractivity contribution in [2.45, 2.75) is 19.3 Å². The highest BCUT2D eigenvalue weighted by Gasteiger charge is 2.36. The minimum absolute atomic E-state index is 0.224. The Morgan fingerprint density at radius 1 is 0.333 bits per heavy atom. The Morgan fingerprint density at radius 2 is 0.812 bits per heavy atom. The van der Waals surface area contributed by atoms with E-state index in [0.29, 0.717) is 11.1 Å². The van der Waals surface area contributed by atoms with Crippen LogP contribution in [0.4, 0.5) is 0 Å². The summed E-state index contributed by atoms with van der Waals surface area (Å²) in [5, 5.41) is 24.7. The van der Waals surface area contributed by atoms with E-state index in [-0.39, 0.29) is 5.41 Å². The van der Waals surface area contributed by atoms with Gasteiger partial charge < -0.3 is 4.57 Å². The van der Waals surface area contributed by atoms with Crippen molar-refractivity contribution in [1.29, 1.82) is 10.5 Å². The van der Waals surface area contributed by atoms with Crippen molar-refractivity contribution in [2.24, 2.45) is 0 Å². The second-order valence-corrected chi connectivity index (χ2v) is 25.6. The summed E-state index contributed by atoms with van der Waals surface area (Å²) in [5.74, 6) is 0. The van der Waals surface area contributed by atoms with E-state index in [4.69, 9.17) is 19.9 Å². The van der Waals surface area contributed by atoms with Crippen LogP contribution in [0.2, 0.25) is 0 Å². The molecular weight excluding hydrogens is 1170 g/mol. The van der Waals surface area contributed by atoms with Crippen LogP contribution < -0.4 is 0 Å². The number of fused-ring (bicyclic) bond motifs is 16. The van der Waals surface area contributed by atoms with Crippen LogP contribution in [0, 0.1) is 22.7 Å². The van der Waals surface area contributed by atoms with E-state index in [9.17, 15) is 10.5 Å². The van der Waals surface area contributed by atoms with Crippen molar-refractivity contribution in [3.05, 3.63) is 308 Å². The molecule has 0 fully saturated rings. The largest absolute Gasteiger partial charge is 0.309 e. The van der Waals surface area contributed by atoms with Gasteiger partial charge in [0.2, 0.25) is 0 Å². The Labute approximate surface area is 551 Å². The SMILES string of the molecule is CC1(C)c2cc(C#N)ccc2-c2ccc(-c3ccc(-c4ccc5nc(-c6ccc(-c7cc8c(cc7C#N)c7ccc(-c9cccc(-c%10ccc%11nc(-c%12ccccc%12)c%12c(nc%13ccccn%13%12)c%11c%10)c9)cc7n8-c7ccccc7)cc6)c6c(nc7ccccn76)c5c4)cc3)cc21. The van der Waals surface area contributed by atoms with Gasteiger partial charge in [-0.1, -0.05) is 184 Å². The lowest BCUT2D eigenvalue weighted by atomic mass is 9.81. The fourth-order valence-corrected chi connectivity index (χ4v) is 15.1. The number of rotatable bonds is 8. The van der Waals surface area contributed by atoms with E-state index < -0.39 is 0 Å². The normalized spacial score (nSPS) is 12.5. The van der Waals surface area contributed by atoms with E-state index in [2.05, 4.69) is 264 Å². The molecule has 1 aliphatic rings. The van der Waals surface area contributed by atoms with Crippen molar-refractivity contribution in [3.8, 4) is 107 Å². The molecule has 0 amide bonds. The van der Waals surface area contributed by atoms with E-state index in [0.717, 1.165) is 161 Å². The van der Waals surface area contributed by atoms with Gasteiger partial charge in [-0.2, -0.15) is 10.5 Å². The van der Waals surface area contributed by atoms with Gasteiger partial charge in [-0.3, -0.25) is 8.80 Å². The van der Waals surface area contributed by atoms with Gasteiger partial charge in [0.25, 0.3) is 0 Å². The van der Waals surface area contributed by atoms with Crippen molar-refractivity contribution in [3.63, 3.8) is 0 Å². The van der Waals surface area contributed by atoms with Crippen LogP contribution in [0.1, 0.15) is 36.1 Å². The second-order valence-electron chi connectivity index (χ2n) is 25.6. The Hall–Kier alpha value is -13.1. The van der Waals surface area contributed by atoms with Gasteiger partial charge in [0.1, 0.15) is 22.3 Å². The highest BCUT2D eigenvalue weighted by atomic mass is 15.0. The van der Waals surface area contributed by atoms with E-state index >= 15 is 0 Å². The molecule has 1 aliphatic carbocycles. The van der Waals surface area contributed by atoms with Crippen LogP contribution >= 0.6 is 0 Å². The standard InChI is InChI=1S/C87H53N9/c1-87(2)73-42-52(50-88)22-35-66(73)67-36-31-62(47-74(67)87)54-25-23-53(24-26-54)60-33-38-75-71(44-60)83-86(95-41-12-10-21-80(95)92-83)82(91-75)57-29-27-55(28-30-57)69-49-78-70(46-64(69)51-89)68-37-32-63(48-77(68)96(78)65-18-7-4-8-19-65)59-17-13-16-58(43-59)61-34-39-76-72(45-61)84-85(94-40-11-9-20-79(94)93-84)81(90-76)56-14-5-3-6-15-56/h3-49H,1-2H3. The lowest BCUT2D eigenvalue weighted by Gasteiger charge is -2.22. The Balaban J connectivity index is 0.664. The molecule has 0 N–H and O–H groups in total. The first-order valence-electron chi connectivity index (χ1n) is 32.3. The third kappa shape index (κ3) is 8.41. The summed E-state index contributed by atoms with van der Waals surface area (Å²) in [7, 11) is 0. The Morgan fingerprint density at radius 3 is 1.44 bits per heavy atom. The lowest BCUT2D eigenvalue weighted by molar-refractivity contribution is 0.660. The molecule has 96 heavy (non-hydrogen) atoms. The second kappa shape index (κ2) is 21.0. The number of benzene rings is 11. The molecule has 0 aliphatic heterocycles. The third-order valence-electron chi connectivity index (χ3n) is 19.9. The fourth-order valence-electron chi connectivity index (χ4n) is 15.1. The maximum atomic E-state index is 11.0. The Kier molecular flexibility index (Phi) is 11.9. The first kappa shape index (κ1) is 54.6. The summed E-state index contributed by atoms with van der Waals surface area (Å²) in [6.07, 6.45) is 4.13. The van der Waals surface area contributed by atoms with E-state index in [1.807, 2.05) is 60.7 Å². The molecule has 0 saturated heterocycles. The topological polar surface area (TPSA) is 113 Å². The number of imidazole rings is 2. The molecule has 11 aromatic carbocycles. The highest BCUT2D eigenvalue weighted by Crippen LogP contribution is 2.50. The van der Waals surface area contributed by atoms with Crippen molar-refractivity contribution < 1.29 is 0 Å². The molecule has 0 atom stereocenters. The molecule has 9 heteroatoms. The lowest BCUT2D eigenvalue weighted by Crippen LogP contribution is -2.15. The average molecular weight is 1220 g/mol. The molecule has 19 rings (SSSR count). The predicted octanol–water partition coefficient (Wildman–Crippen LogP) is 21.2. The van der Waals surface area contributed by atoms with E-state index in [1.54, 1.807) is 0 Å². The minimum atomic E-state index is -0.224. The van der Waals surface area contributed by atoms with Gasteiger partial charge in [0.15, 0.2) is 0 Å². The molecule has 0 bridgehead atoms. The van der Waals surface area contributed by atoms with Gasteiger partial charge in [-0.25, -0.2) is 19.9 Å². The van der Waals surface area contributed by atoms with E-state index in [1.165, 1.54) is 22.3 Å². The summed E-state index contributed by atoms with van der Waals surface area (Å²) in [5.41, 5.74) is 30.5. The molecule has 7 heterocycles. The molecule has 0 saturated carbocycles. The average Bonchev–Trinajstić information content (AvgIpc) is 1.58. The van der Waals surface area contributed by atoms with Crippen molar-refractivity contribution in [1.82, 2.24) is 33.3 Å². The van der Waals surface area contributed by atoms with Crippen molar-refractivity contribution >= 4 is 77.0 Å². The van der Waals surface area contributed by atoms with Crippen LogP contribution in [0.25, 0.3) is 172 Å². The van der Waals surface area contributed by atoms with Gasteiger partial charge in [0, 0.05) is 61.7 Å².